The van der Waals surface area contributed by atoms with Gasteiger partial charge in [-0.25, -0.2) is 0 Å². The fourth-order valence-corrected chi connectivity index (χ4v) is 4.90. The van der Waals surface area contributed by atoms with Crippen LogP contribution in [0.5, 0.6) is 28.7 Å². The van der Waals surface area contributed by atoms with Crippen molar-refractivity contribution in [2.75, 3.05) is 35.0 Å². The first-order valence-electron chi connectivity index (χ1n) is 10.5. The summed E-state index contributed by atoms with van der Waals surface area (Å²) in [5.41, 5.74) is 1.99. The molecule has 0 aliphatic heterocycles. The molecule has 3 rings (SSSR count). The van der Waals surface area contributed by atoms with E-state index in [1.807, 2.05) is 24.3 Å². The van der Waals surface area contributed by atoms with E-state index < -0.39 is 6.10 Å². The summed E-state index contributed by atoms with van der Waals surface area (Å²) < 4.78 is 28.7. The Balaban J connectivity index is 1.91. The van der Waals surface area contributed by atoms with Gasteiger partial charge in [0.25, 0.3) is 0 Å². The summed E-state index contributed by atoms with van der Waals surface area (Å²) in [6.45, 7) is 2.68. The van der Waals surface area contributed by atoms with E-state index >= 15 is 0 Å². The van der Waals surface area contributed by atoms with Gasteiger partial charge >= 0.3 is 0 Å². The molecule has 0 bridgehead atoms. The predicted molar refractivity (Wildman–Crippen MR) is 123 cm³/mol. The van der Waals surface area contributed by atoms with Gasteiger partial charge in [0.1, 0.15) is 0 Å². The lowest BCUT2D eigenvalue weighted by Gasteiger charge is -2.23. The Morgan fingerprint density at radius 3 is 1.74 bits per heavy atom. The molecule has 31 heavy (non-hydrogen) atoms. The van der Waals surface area contributed by atoms with Crippen LogP contribution >= 0.6 is 15.9 Å². The lowest BCUT2D eigenvalue weighted by molar-refractivity contribution is 0.145. The van der Waals surface area contributed by atoms with Crippen LogP contribution in [-0.2, 0) is 0 Å². The van der Waals surface area contributed by atoms with Crippen LogP contribution < -0.4 is 23.7 Å². The van der Waals surface area contributed by atoms with Gasteiger partial charge in [-0.3, -0.25) is 0 Å². The SMILES string of the molecule is CCCOc1c(Br)cc(C2CCC(c3cc(OC)c(OC)c(OC)c3)C2O)cc1OC. The summed E-state index contributed by atoms with van der Waals surface area (Å²) in [6.07, 6.45) is 2.06. The molecule has 0 radical (unpaired) electrons. The highest BCUT2D eigenvalue weighted by atomic mass is 79.9. The fraction of sp³-hybridized carbons (Fsp3) is 0.500. The monoisotopic (exact) mass is 494 g/mol. The van der Waals surface area contributed by atoms with Gasteiger partial charge in [-0.15, -0.1) is 0 Å². The lowest BCUT2D eigenvalue weighted by atomic mass is 9.89. The molecule has 2 aromatic rings. The molecule has 0 heterocycles. The number of methoxy groups -OCH3 is 4. The van der Waals surface area contributed by atoms with Crippen molar-refractivity contribution in [1.82, 2.24) is 0 Å². The lowest BCUT2D eigenvalue weighted by Crippen LogP contribution is -2.19. The number of aliphatic hydroxyl groups is 1. The summed E-state index contributed by atoms with van der Waals surface area (Å²) in [4.78, 5) is 0. The zero-order valence-electron chi connectivity index (χ0n) is 18.7. The summed E-state index contributed by atoms with van der Waals surface area (Å²) >= 11 is 3.62. The van der Waals surface area contributed by atoms with Crippen molar-refractivity contribution >= 4 is 15.9 Å². The van der Waals surface area contributed by atoms with Crippen LogP contribution in [-0.4, -0.2) is 46.3 Å². The van der Waals surface area contributed by atoms with Gasteiger partial charge in [0, 0.05) is 11.8 Å². The first-order chi connectivity index (χ1) is 15.0. The number of ether oxygens (including phenoxy) is 5. The van der Waals surface area contributed by atoms with Crippen LogP contribution in [0.2, 0.25) is 0 Å². The number of rotatable bonds is 9. The zero-order chi connectivity index (χ0) is 22.5. The molecule has 2 aromatic carbocycles. The zero-order valence-corrected chi connectivity index (χ0v) is 20.3. The van der Waals surface area contributed by atoms with Crippen LogP contribution in [0.25, 0.3) is 0 Å². The van der Waals surface area contributed by atoms with E-state index in [1.165, 1.54) is 0 Å². The van der Waals surface area contributed by atoms with Gasteiger partial charge in [0.05, 0.1) is 45.6 Å². The Labute approximate surface area is 192 Å². The molecule has 3 atom stereocenters. The summed E-state index contributed by atoms with van der Waals surface area (Å²) in [5, 5.41) is 11.3. The minimum atomic E-state index is -0.554. The maximum Gasteiger partial charge on any atom is 0.203 e. The molecule has 7 heteroatoms. The third-order valence-electron chi connectivity index (χ3n) is 5.86. The first-order valence-corrected chi connectivity index (χ1v) is 11.3. The summed E-state index contributed by atoms with van der Waals surface area (Å²) in [7, 11) is 6.41. The second-order valence-electron chi connectivity index (χ2n) is 7.62. The van der Waals surface area contributed by atoms with E-state index in [9.17, 15) is 5.11 Å². The quantitative estimate of drug-likeness (QED) is 0.510. The van der Waals surface area contributed by atoms with Crippen LogP contribution in [0.4, 0.5) is 0 Å². The average Bonchev–Trinajstić information content (AvgIpc) is 3.17. The number of hydrogen-bond donors (Lipinski definition) is 1. The molecule has 1 aliphatic rings. The van der Waals surface area contributed by atoms with Crippen LogP contribution in [0.1, 0.15) is 49.1 Å². The maximum atomic E-state index is 11.3. The van der Waals surface area contributed by atoms with Gasteiger partial charge in [-0.2, -0.15) is 0 Å². The Bertz CT molecular complexity index is 875. The standard InChI is InChI=1S/C24H31BrO6/c1-6-9-31-23-18(25)10-14(11-19(23)27-2)16-7-8-17(22(16)26)15-12-20(28-3)24(30-5)21(13-15)29-4/h10-13,16-17,22,26H,6-9H2,1-5H3. The van der Waals surface area contributed by atoms with Crippen molar-refractivity contribution in [2.45, 2.75) is 44.1 Å². The van der Waals surface area contributed by atoms with Gasteiger partial charge in [0.2, 0.25) is 5.75 Å². The maximum absolute atomic E-state index is 11.3. The summed E-state index contributed by atoms with van der Waals surface area (Å²) in [5.74, 6) is 3.04. The van der Waals surface area contributed by atoms with E-state index in [1.54, 1.807) is 28.4 Å². The molecule has 3 unspecified atom stereocenters. The van der Waals surface area contributed by atoms with E-state index in [2.05, 4.69) is 22.9 Å². The van der Waals surface area contributed by atoms with Gasteiger partial charge in [-0.05, 0) is 70.6 Å². The average molecular weight is 495 g/mol. The number of aliphatic hydroxyl groups excluding tert-OH is 1. The van der Waals surface area contributed by atoms with E-state index in [0.29, 0.717) is 35.4 Å². The number of benzene rings is 2. The molecule has 1 fully saturated rings. The highest BCUT2D eigenvalue weighted by molar-refractivity contribution is 9.10. The van der Waals surface area contributed by atoms with Crippen LogP contribution in [0.15, 0.2) is 28.7 Å². The molecule has 0 aromatic heterocycles. The molecule has 0 saturated heterocycles. The topological polar surface area (TPSA) is 66.4 Å². The fourth-order valence-electron chi connectivity index (χ4n) is 4.32. The summed E-state index contributed by atoms with van der Waals surface area (Å²) in [6, 6.07) is 7.85. The number of halogens is 1. The first kappa shape index (κ1) is 23.5. The van der Waals surface area contributed by atoms with Crippen molar-refractivity contribution in [2.24, 2.45) is 0 Å². The van der Waals surface area contributed by atoms with Gasteiger partial charge in [-0.1, -0.05) is 6.92 Å². The Morgan fingerprint density at radius 1 is 0.806 bits per heavy atom. The van der Waals surface area contributed by atoms with Crippen molar-refractivity contribution in [3.05, 3.63) is 39.9 Å². The minimum Gasteiger partial charge on any atom is -0.493 e. The van der Waals surface area contributed by atoms with E-state index in [4.69, 9.17) is 23.7 Å². The van der Waals surface area contributed by atoms with Crippen molar-refractivity contribution in [1.29, 1.82) is 0 Å². The van der Waals surface area contributed by atoms with E-state index in [-0.39, 0.29) is 11.8 Å². The minimum absolute atomic E-state index is 0.0190. The highest BCUT2D eigenvalue weighted by Crippen LogP contribution is 2.49. The molecule has 0 amide bonds. The molecule has 1 saturated carbocycles. The molecule has 6 nitrogen and oxygen atoms in total. The van der Waals surface area contributed by atoms with Gasteiger partial charge in [0.15, 0.2) is 23.0 Å². The van der Waals surface area contributed by atoms with Crippen LogP contribution in [0.3, 0.4) is 0 Å². The van der Waals surface area contributed by atoms with E-state index in [0.717, 1.165) is 34.9 Å². The second-order valence-corrected chi connectivity index (χ2v) is 8.48. The van der Waals surface area contributed by atoms with Crippen molar-refractivity contribution in [3.8, 4) is 28.7 Å². The molecular formula is C24H31BrO6. The molecule has 0 spiro atoms. The highest BCUT2D eigenvalue weighted by Gasteiger charge is 2.38. The largest absolute Gasteiger partial charge is 0.493 e. The van der Waals surface area contributed by atoms with Crippen LogP contribution in [0, 0.1) is 0 Å². The smallest absolute Gasteiger partial charge is 0.203 e. The third-order valence-corrected chi connectivity index (χ3v) is 6.45. The third kappa shape index (κ3) is 4.72. The predicted octanol–water partition coefficient (Wildman–Crippen LogP) is 5.29. The Morgan fingerprint density at radius 2 is 1.29 bits per heavy atom. The normalized spacial score (nSPS) is 20.4. The molecule has 1 N–H and O–H groups in total. The number of hydrogen-bond acceptors (Lipinski definition) is 6. The van der Waals surface area contributed by atoms with Gasteiger partial charge < -0.3 is 28.8 Å². The molecule has 170 valence electrons. The second kappa shape index (κ2) is 10.5. The van der Waals surface area contributed by atoms with Crippen molar-refractivity contribution in [3.63, 3.8) is 0 Å². The Hall–Kier alpha value is -2.12. The van der Waals surface area contributed by atoms with Crippen molar-refractivity contribution < 1.29 is 28.8 Å². The molecule has 1 aliphatic carbocycles. The Kier molecular flexibility index (Phi) is 7.94. The molecular weight excluding hydrogens is 464 g/mol.